The molecule has 0 saturated carbocycles. The van der Waals surface area contributed by atoms with Crippen LogP contribution >= 0.6 is 0 Å². The fourth-order valence-electron chi connectivity index (χ4n) is 2.66. The summed E-state index contributed by atoms with van der Waals surface area (Å²) in [6.45, 7) is 2.04. The number of hydrogen-bond donors (Lipinski definition) is 2. The predicted octanol–water partition coefficient (Wildman–Crippen LogP) is 2.55. The number of esters is 1. The molecule has 2 N–H and O–H groups in total. The first-order valence-electron chi connectivity index (χ1n) is 8.93. The second-order valence-corrected chi connectivity index (χ2v) is 8.21. The Kier molecular flexibility index (Phi) is 7.86. The molecule has 1 atom stereocenters. The number of amides is 1. The summed E-state index contributed by atoms with van der Waals surface area (Å²) in [6.07, 6.45) is 0.944. The quantitative estimate of drug-likeness (QED) is 0.605. The molecule has 0 aliphatic rings. The maximum atomic E-state index is 13.1. The molecule has 0 fully saturated rings. The Bertz CT molecular complexity index is 944. The first kappa shape index (κ1) is 22.5. The third kappa shape index (κ3) is 8.00. The van der Waals surface area contributed by atoms with Crippen molar-refractivity contribution in [3.63, 3.8) is 0 Å². The van der Waals surface area contributed by atoms with Gasteiger partial charge in [0.1, 0.15) is 5.82 Å². The van der Waals surface area contributed by atoms with Crippen molar-refractivity contribution in [1.29, 1.82) is 0 Å². The van der Waals surface area contributed by atoms with E-state index in [0.29, 0.717) is 17.9 Å². The van der Waals surface area contributed by atoms with Crippen molar-refractivity contribution in [2.45, 2.75) is 25.8 Å². The monoisotopic (exact) mass is 422 g/mol. The van der Waals surface area contributed by atoms with E-state index in [1.54, 1.807) is 31.2 Å². The summed E-state index contributed by atoms with van der Waals surface area (Å²) in [5, 5.41) is 2.68. The molecule has 0 spiro atoms. The molecular formula is C20H23FN2O5S. The van der Waals surface area contributed by atoms with Gasteiger partial charge in [0.15, 0.2) is 0 Å². The Morgan fingerprint density at radius 3 is 2.24 bits per heavy atom. The molecule has 29 heavy (non-hydrogen) atoms. The largest absolute Gasteiger partial charge is 0.466 e. The second kappa shape index (κ2) is 10.1. The molecule has 2 rings (SSSR count). The number of sulfonamides is 1. The maximum absolute atomic E-state index is 13.1. The fourth-order valence-corrected chi connectivity index (χ4v) is 3.40. The molecule has 0 heterocycles. The van der Waals surface area contributed by atoms with Crippen molar-refractivity contribution in [1.82, 2.24) is 4.72 Å². The van der Waals surface area contributed by atoms with Gasteiger partial charge in [0.25, 0.3) is 0 Å². The van der Waals surface area contributed by atoms with Gasteiger partial charge in [0.2, 0.25) is 15.9 Å². The summed E-state index contributed by atoms with van der Waals surface area (Å²) in [6, 6.07) is 11.1. The van der Waals surface area contributed by atoms with E-state index in [-0.39, 0.29) is 18.8 Å². The molecule has 0 bridgehead atoms. The average molecular weight is 422 g/mol. The van der Waals surface area contributed by atoms with Crippen LogP contribution in [0.1, 0.15) is 30.5 Å². The molecule has 7 nitrogen and oxygen atoms in total. The lowest BCUT2D eigenvalue weighted by Gasteiger charge is -2.18. The van der Waals surface area contributed by atoms with Gasteiger partial charge in [0, 0.05) is 12.1 Å². The second-order valence-electron chi connectivity index (χ2n) is 6.43. The molecular weight excluding hydrogens is 399 g/mol. The van der Waals surface area contributed by atoms with E-state index in [1.165, 1.54) is 24.3 Å². The minimum Gasteiger partial charge on any atom is -0.466 e. The molecule has 0 aliphatic heterocycles. The van der Waals surface area contributed by atoms with Gasteiger partial charge in [-0.05, 0) is 42.3 Å². The number of rotatable bonds is 9. The zero-order valence-corrected chi connectivity index (χ0v) is 17.0. The van der Waals surface area contributed by atoms with Gasteiger partial charge in [-0.15, -0.1) is 0 Å². The summed E-state index contributed by atoms with van der Waals surface area (Å²) >= 11 is 0. The molecule has 0 saturated heterocycles. The predicted molar refractivity (Wildman–Crippen MR) is 107 cm³/mol. The van der Waals surface area contributed by atoms with E-state index in [2.05, 4.69) is 10.0 Å². The highest BCUT2D eigenvalue weighted by Crippen LogP contribution is 2.20. The van der Waals surface area contributed by atoms with Gasteiger partial charge in [0.05, 0.1) is 25.3 Å². The van der Waals surface area contributed by atoms with Crippen molar-refractivity contribution in [3.05, 3.63) is 65.5 Å². The first-order valence-corrected chi connectivity index (χ1v) is 10.8. The Hall–Kier alpha value is -2.78. The van der Waals surface area contributed by atoms with Crippen molar-refractivity contribution in [3.8, 4) is 0 Å². The van der Waals surface area contributed by atoms with Crippen LogP contribution in [0, 0.1) is 5.82 Å². The lowest BCUT2D eigenvalue weighted by atomic mass is 10.0. The summed E-state index contributed by atoms with van der Waals surface area (Å²) in [5.74, 6) is -1.22. The summed E-state index contributed by atoms with van der Waals surface area (Å²) < 4.78 is 43.7. The Balaban J connectivity index is 2.03. The Morgan fingerprint density at radius 1 is 1.07 bits per heavy atom. The number of ether oxygens (including phenoxy) is 1. The van der Waals surface area contributed by atoms with Gasteiger partial charge in [-0.2, -0.15) is 0 Å². The Morgan fingerprint density at radius 2 is 1.69 bits per heavy atom. The standard InChI is InChI=1S/C20H23FN2O5S/c1-3-28-20(25)12-14-4-10-17(11-5-14)22-19(24)13-18(23-29(2,26)27)15-6-8-16(21)9-7-15/h4-11,18,23H,3,12-13H2,1-2H3,(H,22,24). The minimum absolute atomic E-state index is 0.132. The molecule has 0 aromatic heterocycles. The van der Waals surface area contributed by atoms with E-state index in [0.717, 1.165) is 11.8 Å². The molecule has 2 aromatic rings. The fraction of sp³-hybridized carbons (Fsp3) is 0.300. The van der Waals surface area contributed by atoms with Gasteiger partial charge in [-0.3, -0.25) is 9.59 Å². The van der Waals surface area contributed by atoms with Gasteiger partial charge in [-0.1, -0.05) is 24.3 Å². The number of nitrogens with one attached hydrogen (secondary N) is 2. The van der Waals surface area contributed by atoms with E-state index in [9.17, 15) is 22.4 Å². The number of hydrogen-bond acceptors (Lipinski definition) is 5. The first-order chi connectivity index (χ1) is 13.7. The molecule has 9 heteroatoms. The van der Waals surface area contributed by atoms with Crippen LogP contribution in [0.2, 0.25) is 0 Å². The van der Waals surface area contributed by atoms with Crippen LogP contribution in [0.3, 0.4) is 0 Å². The number of carbonyl (C=O) groups excluding carboxylic acids is 2. The third-order valence-corrected chi connectivity index (χ3v) is 4.62. The van der Waals surface area contributed by atoms with E-state index in [1.807, 2.05) is 0 Å². The van der Waals surface area contributed by atoms with Gasteiger partial charge in [-0.25, -0.2) is 17.5 Å². The van der Waals surface area contributed by atoms with Crippen LogP contribution in [0.4, 0.5) is 10.1 Å². The van der Waals surface area contributed by atoms with E-state index in [4.69, 9.17) is 4.74 Å². The summed E-state index contributed by atoms with van der Waals surface area (Å²) in [4.78, 5) is 23.9. The molecule has 1 unspecified atom stereocenters. The van der Waals surface area contributed by atoms with Crippen LogP contribution in [0.15, 0.2) is 48.5 Å². The highest BCUT2D eigenvalue weighted by molar-refractivity contribution is 7.88. The van der Waals surface area contributed by atoms with Crippen molar-refractivity contribution in [2.24, 2.45) is 0 Å². The molecule has 1 amide bonds. The number of halogens is 1. The molecule has 0 radical (unpaired) electrons. The van der Waals surface area contributed by atoms with Crippen LogP contribution in [0.5, 0.6) is 0 Å². The maximum Gasteiger partial charge on any atom is 0.310 e. The number of anilines is 1. The SMILES string of the molecule is CCOC(=O)Cc1ccc(NC(=O)CC(NS(C)(=O)=O)c2ccc(F)cc2)cc1. The zero-order chi connectivity index (χ0) is 21.4. The molecule has 0 aliphatic carbocycles. The van der Waals surface area contributed by atoms with Crippen molar-refractivity contribution < 1.29 is 27.1 Å². The van der Waals surface area contributed by atoms with E-state index < -0.39 is 27.8 Å². The van der Waals surface area contributed by atoms with Crippen LogP contribution in [0.25, 0.3) is 0 Å². The smallest absolute Gasteiger partial charge is 0.310 e. The normalized spacial score (nSPS) is 12.2. The summed E-state index contributed by atoms with van der Waals surface area (Å²) in [5.41, 5.74) is 1.71. The van der Waals surface area contributed by atoms with Crippen LogP contribution < -0.4 is 10.0 Å². The highest BCUT2D eigenvalue weighted by Gasteiger charge is 2.20. The highest BCUT2D eigenvalue weighted by atomic mass is 32.2. The molecule has 2 aromatic carbocycles. The van der Waals surface area contributed by atoms with Gasteiger partial charge >= 0.3 is 5.97 Å². The van der Waals surface area contributed by atoms with Crippen molar-refractivity contribution >= 4 is 27.6 Å². The zero-order valence-electron chi connectivity index (χ0n) is 16.1. The lowest BCUT2D eigenvalue weighted by Crippen LogP contribution is -2.30. The molecule has 156 valence electrons. The number of benzene rings is 2. The lowest BCUT2D eigenvalue weighted by molar-refractivity contribution is -0.142. The van der Waals surface area contributed by atoms with Crippen molar-refractivity contribution in [2.75, 3.05) is 18.2 Å². The topological polar surface area (TPSA) is 102 Å². The third-order valence-electron chi connectivity index (χ3n) is 3.91. The summed E-state index contributed by atoms with van der Waals surface area (Å²) in [7, 11) is -3.59. The average Bonchev–Trinajstić information content (AvgIpc) is 2.62. The number of carbonyl (C=O) groups is 2. The van der Waals surface area contributed by atoms with Crippen LogP contribution in [-0.4, -0.2) is 33.2 Å². The Labute approximate surface area is 169 Å². The van der Waals surface area contributed by atoms with E-state index >= 15 is 0 Å². The minimum atomic E-state index is -3.59. The van der Waals surface area contributed by atoms with Crippen LogP contribution in [-0.2, 0) is 30.8 Å². The van der Waals surface area contributed by atoms with Gasteiger partial charge < -0.3 is 10.1 Å².